The minimum absolute atomic E-state index is 0.0485. The Balaban J connectivity index is 1.82. The van der Waals surface area contributed by atoms with Crippen LogP contribution in [0.15, 0.2) is 18.2 Å². The molecule has 128 valence electrons. The highest BCUT2D eigenvalue weighted by Gasteiger charge is 2.25. The second-order valence-corrected chi connectivity index (χ2v) is 7.45. The van der Waals surface area contributed by atoms with Gasteiger partial charge in [0.05, 0.1) is 11.4 Å². The number of phenols is 1. The van der Waals surface area contributed by atoms with Gasteiger partial charge in [0.1, 0.15) is 5.75 Å². The molecule has 1 aliphatic rings. The summed E-state index contributed by atoms with van der Waals surface area (Å²) >= 11 is 5.89. The molecule has 1 atom stereocenters. The number of phenolic OH excluding ortho intramolecular Hbond substituents is 1. The maximum Gasteiger partial charge on any atom is 0.226 e. The largest absolute Gasteiger partial charge is 0.506 e. The molecule has 1 fully saturated rings. The van der Waals surface area contributed by atoms with Gasteiger partial charge in [-0.25, -0.2) is 0 Å². The number of rotatable bonds is 6. The maximum atomic E-state index is 12.4. The maximum absolute atomic E-state index is 12.4. The third kappa shape index (κ3) is 5.40. The van der Waals surface area contributed by atoms with Crippen LogP contribution in [0.2, 0.25) is 5.02 Å². The van der Waals surface area contributed by atoms with Crippen molar-refractivity contribution >= 4 is 17.5 Å². The van der Waals surface area contributed by atoms with Gasteiger partial charge in [-0.1, -0.05) is 31.5 Å². The number of amides is 1. The van der Waals surface area contributed by atoms with Gasteiger partial charge in [-0.2, -0.15) is 0 Å². The zero-order chi connectivity index (χ0) is 17.0. The topological polar surface area (TPSA) is 43.8 Å². The van der Waals surface area contributed by atoms with Gasteiger partial charge < -0.3 is 14.9 Å². The molecule has 0 saturated carbocycles. The van der Waals surface area contributed by atoms with Gasteiger partial charge in [0.15, 0.2) is 0 Å². The van der Waals surface area contributed by atoms with Crippen molar-refractivity contribution in [3.8, 4) is 5.75 Å². The lowest BCUT2D eigenvalue weighted by molar-refractivity contribution is -0.129. The van der Waals surface area contributed by atoms with Crippen LogP contribution in [0.1, 0.15) is 25.8 Å². The summed E-state index contributed by atoms with van der Waals surface area (Å²) in [5.74, 6) is 1.39. The van der Waals surface area contributed by atoms with Gasteiger partial charge in [0.2, 0.25) is 5.91 Å². The van der Waals surface area contributed by atoms with Crippen LogP contribution in [0, 0.1) is 11.8 Å². The van der Waals surface area contributed by atoms with Gasteiger partial charge in [-0.3, -0.25) is 4.79 Å². The van der Waals surface area contributed by atoms with Gasteiger partial charge in [0.25, 0.3) is 0 Å². The summed E-state index contributed by atoms with van der Waals surface area (Å²) in [6.45, 7) is 8.65. The molecule has 0 radical (unpaired) electrons. The van der Waals surface area contributed by atoms with Crippen molar-refractivity contribution in [2.45, 2.75) is 26.7 Å². The van der Waals surface area contributed by atoms with Crippen molar-refractivity contribution < 1.29 is 9.90 Å². The monoisotopic (exact) mass is 338 g/mol. The molecular formula is C18H27ClN2O2. The molecule has 1 unspecified atom stereocenters. The molecule has 1 N–H and O–H groups in total. The lowest BCUT2D eigenvalue weighted by Gasteiger charge is -2.22. The Labute approximate surface area is 144 Å². The van der Waals surface area contributed by atoms with E-state index < -0.39 is 0 Å². The lowest BCUT2D eigenvalue weighted by Crippen LogP contribution is -2.34. The summed E-state index contributed by atoms with van der Waals surface area (Å²) < 4.78 is 0. The molecule has 0 bridgehead atoms. The molecule has 1 aromatic rings. The van der Waals surface area contributed by atoms with Gasteiger partial charge in [-0.05, 0) is 42.5 Å². The first-order valence-electron chi connectivity index (χ1n) is 8.29. The number of likely N-dealkylation sites (tertiary alicyclic amines) is 1. The molecule has 23 heavy (non-hydrogen) atoms. The molecule has 2 rings (SSSR count). The standard InChI is InChI=1S/C18H27ClN2O2/c1-13(2)10-21-7-6-15(12-21)11-20(3)18(23)9-14-4-5-17(22)16(19)8-14/h4-5,8,13,15,22H,6-7,9-12H2,1-3H3. The van der Waals surface area contributed by atoms with Crippen molar-refractivity contribution in [1.29, 1.82) is 0 Å². The predicted molar refractivity (Wildman–Crippen MR) is 93.8 cm³/mol. The van der Waals surface area contributed by atoms with Gasteiger partial charge in [-0.15, -0.1) is 0 Å². The van der Waals surface area contributed by atoms with Crippen molar-refractivity contribution in [2.75, 3.05) is 33.2 Å². The number of aromatic hydroxyl groups is 1. The number of benzene rings is 1. The van der Waals surface area contributed by atoms with Crippen molar-refractivity contribution in [1.82, 2.24) is 9.80 Å². The molecular weight excluding hydrogens is 312 g/mol. The minimum atomic E-state index is 0.0485. The average Bonchev–Trinajstić information content (AvgIpc) is 2.89. The molecule has 5 heteroatoms. The fourth-order valence-corrected chi connectivity index (χ4v) is 3.41. The van der Waals surface area contributed by atoms with E-state index in [2.05, 4.69) is 18.7 Å². The Bertz CT molecular complexity index is 548. The Hall–Kier alpha value is -1.26. The Morgan fingerprint density at radius 2 is 2.22 bits per heavy atom. The second kappa shape index (κ2) is 8.02. The molecule has 1 heterocycles. The van der Waals surface area contributed by atoms with Crippen molar-refractivity contribution in [3.63, 3.8) is 0 Å². The number of halogens is 1. The quantitative estimate of drug-likeness (QED) is 0.867. The SMILES string of the molecule is CC(C)CN1CCC(CN(C)C(=O)Cc2ccc(O)c(Cl)c2)C1. The van der Waals surface area contributed by atoms with Crippen LogP contribution in [0.3, 0.4) is 0 Å². The zero-order valence-electron chi connectivity index (χ0n) is 14.3. The van der Waals surface area contributed by atoms with Crippen LogP contribution < -0.4 is 0 Å². The molecule has 1 aromatic carbocycles. The summed E-state index contributed by atoms with van der Waals surface area (Å²) in [5.41, 5.74) is 0.831. The molecule has 4 nitrogen and oxygen atoms in total. The van der Waals surface area contributed by atoms with E-state index in [1.165, 1.54) is 6.07 Å². The molecule has 1 amide bonds. The first kappa shape index (κ1) is 18.1. The predicted octanol–water partition coefficient (Wildman–Crippen LogP) is 3.02. The van der Waals surface area contributed by atoms with E-state index in [1.807, 2.05) is 11.9 Å². The summed E-state index contributed by atoms with van der Waals surface area (Å²) in [6.07, 6.45) is 1.48. The number of hydrogen-bond acceptors (Lipinski definition) is 3. The number of likely N-dealkylation sites (N-methyl/N-ethyl adjacent to an activating group) is 1. The number of carbonyl (C=O) groups is 1. The van der Waals surface area contributed by atoms with Crippen LogP contribution in [-0.4, -0.2) is 54.0 Å². The average molecular weight is 339 g/mol. The number of hydrogen-bond donors (Lipinski definition) is 1. The Morgan fingerprint density at radius 1 is 1.48 bits per heavy atom. The fourth-order valence-electron chi connectivity index (χ4n) is 3.20. The van der Waals surface area contributed by atoms with E-state index >= 15 is 0 Å². The van der Waals surface area contributed by atoms with Crippen LogP contribution in [0.5, 0.6) is 5.75 Å². The molecule has 1 saturated heterocycles. The van der Waals surface area contributed by atoms with E-state index in [4.69, 9.17) is 11.6 Å². The molecule has 1 aliphatic heterocycles. The highest BCUT2D eigenvalue weighted by Crippen LogP contribution is 2.24. The molecule has 0 aromatic heterocycles. The van der Waals surface area contributed by atoms with Gasteiger partial charge in [0, 0.05) is 26.7 Å². The second-order valence-electron chi connectivity index (χ2n) is 7.04. The fraction of sp³-hybridized carbons (Fsp3) is 0.611. The third-order valence-electron chi connectivity index (χ3n) is 4.32. The van der Waals surface area contributed by atoms with E-state index in [0.29, 0.717) is 18.3 Å². The molecule has 0 aliphatic carbocycles. The smallest absolute Gasteiger partial charge is 0.226 e. The van der Waals surface area contributed by atoms with E-state index in [0.717, 1.165) is 38.2 Å². The number of carbonyl (C=O) groups excluding carboxylic acids is 1. The van der Waals surface area contributed by atoms with Crippen LogP contribution in [0.4, 0.5) is 0 Å². The lowest BCUT2D eigenvalue weighted by atomic mass is 10.1. The Kier molecular flexibility index (Phi) is 6.31. The molecule has 0 spiro atoms. The van der Waals surface area contributed by atoms with Crippen LogP contribution in [0.25, 0.3) is 0 Å². The van der Waals surface area contributed by atoms with Crippen molar-refractivity contribution in [2.24, 2.45) is 11.8 Å². The summed E-state index contributed by atoms with van der Waals surface area (Å²) in [5, 5.41) is 9.72. The summed E-state index contributed by atoms with van der Waals surface area (Å²) in [4.78, 5) is 16.7. The Morgan fingerprint density at radius 3 is 2.87 bits per heavy atom. The first-order chi connectivity index (χ1) is 10.8. The van der Waals surface area contributed by atoms with E-state index in [1.54, 1.807) is 12.1 Å². The summed E-state index contributed by atoms with van der Waals surface area (Å²) in [6, 6.07) is 4.93. The van der Waals surface area contributed by atoms with E-state index in [9.17, 15) is 9.90 Å². The number of nitrogens with zero attached hydrogens (tertiary/aromatic N) is 2. The third-order valence-corrected chi connectivity index (χ3v) is 4.62. The highest BCUT2D eigenvalue weighted by molar-refractivity contribution is 6.32. The normalized spacial score (nSPS) is 18.6. The van der Waals surface area contributed by atoms with E-state index in [-0.39, 0.29) is 16.7 Å². The zero-order valence-corrected chi connectivity index (χ0v) is 15.0. The van der Waals surface area contributed by atoms with Crippen LogP contribution >= 0.6 is 11.6 Å². The van der Waals surface area contributed by atoms with Gasteiger partial charge >= 0.3 is 0 Å². The first-order valence-corrected chi connectivity index (χ1v) is 8.66. The minimum Gasteiger partial charge on any atom is -0.506 e. The summed E-state index contributed by atoms with van der Waals surface area (Å²) in [7, 11) is 1.87. The van der Waals surface area contributed by atoms with Crippen molar-refractivity contribution in [3.05, 3.63) is 28.8 Å². The highest BCUT2D eigenvalue weighted by atomic mass is 35.5. The van der Waals surface area contributed by atoms with Crippen LogP contribution in [-0.2, 0) is 11.2 Å².